The Labute approximate surface area is 136 Å². The summed E-state index contributed by atoms with van der Waals surface area (Å²) in [5.74, 6) is -1.49. The number of hydrogen-bond acceptors (Lipinski definition) is 10. The molecule has 0 radical (unpaired) electrons. The Hall–Kier alpha value is -0.890. The van der Waals surface area contributed by atoms with Crippen LogP contribution in [0.25, 0.3) is 0 Å². The van der Waals surface area contributed by atoms with Crippen molar-refractivity contribution in [3.63, 3.8) is 0 Å². The topological polar surface area (TPSA) is 175 Å². The number of aliphatic carboxylic acids is 1. The van der Waals surface area contributed by atoms with E-state index >= 15 is 0 Å². The summed E-state index contributed by atoms with van der Waals surface area (Å²) in [6.07, 6.45) is -15.2. The third kappa shape index (κ3) is 3.54. The molecule has 2 rings (SSSR count). The number of aliphatic hydroxyl groups excluding tert-OH is 5. The van der Waals surface area contributed by atoms with Crippen LogP contribution < -0.4 is 0 Å². The van der Waals surface area contributed by atoms with E-state index in [9.17, 15) is 35.4 Å². The first-order valence-electron chi connectivity index (χ1n) is 7.31. The fraction of sp³-hybridized carbons (Fsp3) is 0.923. The van der Waals surface area contributed by atoms with Crippen LogP contribution in [-0.4, -0.2) is 105 Å². The monoisotopic (exact) mass is 354 g/mol. The van der Waals surface area contributed by atoms with Gasteiger partial charge in [0.05, 0.1) is 6.10 Å². The summed E-state index contributed by atoms with van der Waals surface area (Å²) in [5, 5.41) is 58.5. The molecular weight excluding hydrogens is 332 g/mol. The van der Waals surface area contributed by atoms with E-state index in [2.05, 4.69) is 0 Å². The van der Waals surface area contributed by atoms with Gasteiger partial charge in [0.15, 0.2) is 18.7 Å². The predicted octanol–water partition coefficient (Wildman–Crippen LogP) is -3.62. The van der Waals surface area contributed by atoms with E-state index < -0.39 is 67.4 Å². The summed E-state index contributed by atoms with van der Waals surface area (Å²) in [7, 11) is 1.16. The maximum Gasteiger partial charge on any atom is 0.335 e. The van der Waals surface area contributed by atoms with Crippen molar-refractivity contribution in [3.05, 3.63) is 0 Å². The summed E-state index contributed by atoms with van der Waals surface area (Å²) in [4.78, 5) is 11.3. The van der Waals surface area contributed by atoms with Crippen molar-refractivity contribution in [1.29, 1.82) is 0 Å². The molecule has 11 nitrogen and oxygen atoms in total. The van der Waals surface area contributed by atoms with E-state index in [-0.39, 0.29) is 0 Å². The van der Waals surface area contributed by atoms with Gasteiger partial charge in [-0.15, -0.1) is 0 Å². The number of ether oxygens (including phenoxy) is 4. The highest BCUT2D eigenvalue weighted by Crippen LogP contribution is 2.29. The number of carboxylic acids is 1. The van der Waals surface area contributed by atoms with Crippen LogP contribution in [0.5, 0.6) is 0 Å². The second kappa shape index (κ2) is 7.56. The molecule has 10 atom stereocenters. The van der Waals surface area contributed by atoms with Crippen molar-refractivity contribution in [2.45, 2.75) is 68.3 Å². The Kier molecular flexibility index (Phi) is 6.12. The lowest BCUT2D eigenvalue weighted by molar-refractivity contribution is -0.349. The van der Waals surface area contributed by atoms with Gasteiger partial charge in [-0.1, -0.05) is 0 Å². The molecular formula is C13H22O11. The van der Waals surface area contributed by atoms with Gasteiger partial charge in [0.2, 0.25) is 0 Å². The van der Waals surface area contributed by atoms with Gasteiger partial charge >= 0.3 is 5.97 Å². The highest BCUT2D eigenvalue weighted by Gasteiger charge is 2.52. The molecule has 2 heterocycles. The summed E-state index contributed by atoms with van der Waals surface area (Å²) >= 11 is 0. The van der Waals surface area contributed by atoms with Crippen LogP contribution in [0.4, 0.5) is 0 Å². The minimum atomic E-state index is -1.72. The molecule has 0 aromatic rings. The molecule has 0 amide bonds. The quantitative estimate of drug-likeness (QED) is 0.294. The van der Waals surface area contributed by atoms with Gasteiger partial charge in [0.25, 0.3) is 0 Å². The number of methoxy groups -OCH3 is 1. The van der Waals surface area contributed by atoms with Gasteiger partial charge in [-0.05, 0) is 6.92 Å². The van der Waals surface area contributed by atoms with Gasteiger partial charge in [-0.3, -0.25) is 0 Å². The van der Waals surface area contributed by atoms with Crippen LogP contribution in [0.3, 0.4) is 0 Å². The van der Waals surface area contributed by atoms with E-state index in [0.29, 0.717) is 0 Å². The molecule has 0 aromatic heterocycles. The summed E-state index contributed by atoms with van der Waals surface area (Å²) in [6, 6.07) is 0. The first kappa shape index (κ1) is 19.4. The lowest BCUT2D eigenvalue weighted by Gasteiger charge is -2.44. The number of aliphatic hydroxyl groups is 5. The third-order valence-electron chi connectivity index (χ3n) is 4.12. The lowest BCUT2D eigenvalue weighted by Crippen LogP contribution is -2.64. The third-order valence-corrected chi connectivity index (χ3v) is 4.12. The van der Waals surface area contributed by atoms with Crippen molar-refractivity contribution in [3.8, 4) is 0 Å². The Balaban J connectivity index is 2.17. The SMILES string of the molecule is CO[C@H]1O[C@H](C(=O)O)[C@@H](O[C@@H]2O[C@@H](C)[C@H](O)[C@@H](O)[C@H]2O)[C@H](O)[C@H]1O. The molecule has 2 saturated heterocycles. The Bertz CT molecular complexity index is 446. The molecule has 2 aliphatic rings. The zero-order chi connectivity index (χ0) is 18.2. The molecule has 2 aliphatic heterocycles. The van der Waals surface area contributed by atoms with E-state index in [1.54, 1.807) is 0 Å². The summed E-state index contributed by atoms with van der Waals surface area (Å²) < 4.78 is 20.3. The maximum atomic E-state index is 11.3. The smallest absolute Gasteiger partial charge is 0.335 e. The van der Waals surface area contributed by atoms with Crippen LogP contribution in [0.1, 0.15) is 6.92 Å². The number of hydrogen-bond donors (Lipinski definition) is 6. The second-order valence-electron chi connectivity index (χ2n) is 5.76. The van der Waals surface area contributed by atoms with Crippen LogP contribution >= 0.6 is 0 Å². The van der Waals surface area contributed by atoms with Crippen molar-refractivity contribution in [1.82, 2.24) is 0 Å². The average molecular weight is 354 g/mol. The second-order valence-corrected chi connectivity index (χ2v) is 5.76. The molecule has 0 saturated carbocycles. The average Bonchev–Trinajstić information content (AvgIpc) is 2.54. The van der Waals surface area contributed by atoms with Crippen LogP contribution in [0.15, 0.2) is 0 Å². The van der Waals surface area contributed by atoms with Crippen molar-refractivity contribution >= 4 is 5.97 Å². The molecule has 2 fully saturated rings. The largest absolute Gasteiger partial charge is 0.479 e. The molecule has 0 aromatic carbocycles. The number of carbonyl (C=O) groups is 1. The Morgan fingerprint density at radius 3 is 2.00 bits per heavy atom. The van der Waals surface area contributed by atoms with E-state index in [4.69, 9.17) is 18.9 Å². The van der Waals surface area contributed by atoms with Gasteiger partial charge in [0, 0.05) is 7.11 Å². The first-order chi connectivity index (χ1) is 11.2. The molecule has 140 valence electrons. The van der Waals surface area contributed by atoms with Crippen molar-refractivity contribution in [2.75, 3.05) is 7.11 Å². The fourth-order valence-corrected chi connectivity index (χ4v) is 2.66. The van der Waals surface area contributed by atoms with Crippen LogP contribution in [0.2, 0.25) is 0 Å². The van der Waals surface area contributed by atoms with Crippen LogP contribution in [-0.2, 0) is 23.7 Å². The Morgan fingerprint density at radius 1 is 0.875 bits per heavy atom. The number of carboxylic acid groups (broad SMARTS) is 1. The molecule has 0 unspecified atom stereocenters. The van der Waals surface area contributed by atoms with Gasteiger partial charge < -0.3 is 49.6 Å². The minimum absolute atomic E-state index is 0.921. The zero-order valence-electron chi connectivity index (χ0n) is 13.0. The number of rotatable bonds is 4. The zero-order valence-corrected chi connectivity index (χ0v) is 13.0. The van der Waals surface area contributed by atoms with Gasteiger partial charge in [-0.2, -0.15) is 0 Å². The maximum absolute atomic E-state index is 11.3. The van der Waals surface area contributed by atoms with E-state index in [0.717, 1.165) is 7.11 Å². The molecule has 0 aliphatic carbocycles. The minimum Gasteiger partial charge on any atom is -0.479 e. The van der Waals surface area contributed by atoms with E-state index in [1.165, 1.54) is 6.92 Å². The normalized spacial score (nSPS) is 49.8. The van der Waals surface area contributed by atoms with Crippen molar-refractivity contribution in [2.24, 2.45) is 0 Å². The van der Waals surface area contributed by atoms with Gasteiger partial charge in [-0.25, -0.2) is 4.79 Å². The highest BCUT2D eigenvalue weighted by atomic mass is 16.7. The highest BCUT2D eigenvalue weighted by molar-refractivity contribution is 5.73. The predicted molar refractivity (Wildman–Crippen MR) is 72.5 cm³/mol. The summed E-state index contributed by atoms with van der Waals surface area (Å²) in [5.41, 5.74) is 0. The lowest BCUT2D eigenvalue weighted by atomic mass is 9.97. The molecule has 0 spiro atoms. The first-order valence-corrected chi connectivity index (χ1v) is 7.31. The standard InChI is InChI=1S/C13H22O11/c1-3-4(14)5(15)7(17)13(22-3)23-9-6(16)8(18)12(21-2)24-10(9)11(19)20/h3-10,12-18H,1-2H3,(H,19,20)/t3-,4-,5+,6+,7+,8+,9-,10-,12-,13-/m0/s1. The fourth-order valence-electron chi connectivity index (χ4n) is 2.66. The molecule has 11 heteroatoms. The van der Waals surface area contributed by atoms with Crippen LogP contribution in [0, 0.1) is 0 Å². The van der Waals surface area contributed by atoms with E-state index in [1.807, 2.05) is 0 Å². The molecule has 24 heavy (non-hydrogen) atoms. The van der Waals surface area contributed by atoms with Crippen molar-refractivity contribution < 1.29 is 54.4 Å². The molecule has 0 bridgehead atoms. The Morgan fingerprint density at radius 2 is 1.46 bits per heavy atom. The summed E-state index contributed by atoms with van der Waals surface area (Å²) in [6.45, 7) is 1.41. The molecule has 6 N–H and O–H groups in total. The van der Waals surface area contributed by atoms with Gasteiger partial charge in [0.1, 0.15) is 36.6 Å².